The number of nitrogens with one attached hydrogen (secondary N) is 1. The minimum Gasteiger partial charge on any atom is -0.214 e. The summed E-state index contributed by atoms with van der Waals surface area (Å²) in [4.78, 5) is -0.656. The second-order valence-corrected chi connectivity index (χ2v) is 4.29. The van der Waals surface area contributed by atoms with E-state index in [0.29, 0.717) is 12.1 Å². The predicted octanol–water partition coefficient (Wildman–Crippen LogP) is 1.01. The van der Waals surface area contributed by atoms with E-state index in [9.17, 15) is 21.6 Å². The molecular weight excluding hydrogens is 219 g/mol. The van der Waals surface area contributed by atoms with Gasteiger partial charge in [0.25, 0.3) is 0 Å². The van der Waals surface area contributed by atoms with Gasteiger partial charge in [-0.05, 0) is 19.2 Å². The summed E-state index contributed by atoms with van der Waals surface area (Å²) in [7, 11) is -2.88. The van der Waals surface area contributed by atoms with Crippen LogP contribution < -0.4 is 4.72 Å². The second kappa shape index (κ2) is 3.58. The maximum absolute atomic E-state index is 12.6. The summed E-state index contributed by atoms with van der Waals surface area (Å²) in [5.74, 6) is -4.78. The lowest BCUT2D eigenvalue weighted by Gasteiger charge is -2.03. The van der Waals surface area contributed by atoms with Crippen LogP contribution in [-0.4, -0.2) is 15.5 Å². The van der Waals surface area contributed by atoms with Crippen LogP contribution in [0, 0.1) is 17.5 Å². The molecule has 3 nitrogen and oxygen atoms in total. The fourth-order valence-corrected chi connectivity index (χ4v) is 1.56. The Kier molecular flexibility index (Phi) is 2.81. The third-order valence-corrected chi connectivity index (χ3v) is 2.93. The average Bonchev–Trinajstić information content (AvgIpc) is 2.13. The molecule has 0 amide bonds. The zero-order valence-electron chi connectivity index (χ0n) is 7.01. The van der Waals surface area contributed by atoms with Crippen LogP contribution in [-0.2, 0) is 10.0 Å². The van der Waals surface area contributed by atoms with Crippen molar-refractivity contribution in [2.24, 2.45) is 0 Å². The van der Waals surface area contributed by atoms with Crippen molar-refractivity contribution in [1.82, 2.24) is 4.72 Å². The molecule has 0 aliphatic heterocycles. The smallest absolute Gasteiger partial charge is 0.214 e. The normalized spacial score (nSPS) is 11.7. The molecule has 0 bridgehead atoms. The van der Waals surface area contributed by atoms with E-state index >= 15 is 0 Å². The van der Waals surface area contributed by atoms with E-state index in [1.165, 1.54) is 0 Å². The Hall–Kier alpha value is -1.08. The number of sulfonamides is 1. The molecule has 7 heteroatoms. The molecule has 78 valence electrons. The van der Waals surface area contributed by atoms with Crippen molar-refractivity contribution in [3.8, 4) is 0 Å². The van der Waals surface area contributed by atoms with Crippen molar-refractivity contribution in [1.29, 1.82) is 0 Å². The lowest BCUT2D eigenvalue weighted by Crippen LogP contribution is -2.19. The maximum atomic E-state index is 12.6. The lowest BCUT2D eigenvalue weighted by molar-refractivity contribution is 0.442. The third kappa shape index (κ3) is 1.88. The first-order valence-corrected chi connectivity index (χ1v) is 4.95. The Morgan fingerprint density at radius 1 is 1.14 bits per heavy atom. The zero-order chi connectivity index (χ0) is 10.9. The fourth-order valence-electron chi connectivity index (χ4n) is 0.805. The van der Waals surface area contributed by atoms with E-state index in [-0.39, 0.29) is 0 Å². The molecule has 14 heavy (non-hydrogen) atoms. The topological polar surface area (TPSA) is 46.2 Å². The fraction of sp³-hybridized carbons (Fsp3) is 0.143. The van der Waals surface area contributed by atoms with E-state index in [2.05, 4.69) is 0 Å². The van der Waals surface area contributed by atoms with E-state index in [4.69, 9.17) is 0 Å². The van der Waals surface area contributed by atoms with Gasteiger partial charge in [0.05, 0.1) is 4.90 Å². The number of benzene rings is 1. The van der Waals surface area contributed by atoms with Gasteiger partial charge in [-0.1, -0.05) is 0 Å². The molecule has 0 unspecified atom stereocenters. The van der Waals surface area contributed by atoms with Gasteiger partial charge in [0, 0.05) is 0 Å². The average molecular weight is 225 g/mol. The molecule has 0 heterocycles. The van der Waals surface area contributed by atoms with Gasteiger partial charge in [-0.25, -0.2) is 26.3 Å². The summed E-state index contributed by atoms with van der Waals surface area (Å²) in [5, 5.41) is 0. The first-order chi connectivity index (χ1) is 6.38. The summed E-state index contributed by atoms with van der Waals surface area (Å²) in [6.45, 7) is 0. The van der Waals surface area contributed by atoms with E-state index < -0.39 is 32.4 Å². The lowest BCUT2D eigenvalue weighted by atomic mass is 10.3. The van der Waals surface area contributed by atoms with Crippen LogP contribution in [0.4, 0.5) is 13.2 Å². The Balaban J connectivity index is 3.41. The Labute approximate surface area is 78.6 Å². The van der Waals surface area contributed by atoms with Crippen molar-refractivity contribution in [3.63, 3.8) is 0 Å². The monoisotopic (exact) mass is 225 g/mol. The van der Waals surface area contributed by atoms with Gasteiger partial charge >= 0.3 is 0 Å². The number of hydrogen-bond donors (Lipinski definition) is 1. The summed E-state index contributed by atoms with van der Waals surface area (Å²) in [6.07, 6.45) is 0. The standard InChI is InChI=1S/C7H6F3NO2S/c1-11-14(12,13)4-2-5(8)7(10)6(9)3-4/h2-3,11H,1H3. The molecule has 0 saturated heterocycles. The van der Waals surface area contributed by atoms with Gasteiger partial charge in [0.15, 0.2) is 17.5 Å². The van der Waals surface area contributed by atoms with Crippen LogP contribution in [0.5, 0.6) is 0 Å². The molecule has 0 fully saturated rings. The van der Waals surface area contributed by atoms with E-state index in [1.807, 2.05) is 4.72 Å². The molecule has 1 aromatic rings. The highest BCUT2D eigenvalue weighted by molar-refractivity contribution is 7.89. The quantitative estimate of drug-likeness (QED) is 0.763. The number of rotatable bonds is 2. The second-order valence-electron chi connectivity index (χ2n) is 2.41. The van der Waals surface area contributed by atoms with E-state index in [1.54, 1.807) is 0 Å². The Morgan fingerprint density at radius 3 is 1.93 bits per heavy atom. The summed E-state index contributed by atoms with van der Waals surface area (Å²) in [6, 6.07) is 0.814. The number of hydrogen-bond acceptors (Lipinski definition) is 2. The molecule has 1 aromatic carbocycles. The minimum absolute atomic E-state index is 0.407. The molecular formula is C7H6F3NO2S. The SMILES string of the molecule is CNS(=O)(=O)c1cc(F)c(F)c(F)c1. The van der Waals surface area contributed by atoms with Crippen LogP contribution in [0.3, 0.4) is 0 Å². The first-order valence-electron chi connectivity index (χ1n) is 3.46. The van der Waals surface area contributed by atoms with Crippen LogP contribution in [0.2, 0.25) is 0 Å². The third-order valence-electron chi connectivity index (χ3n) is 1.54. The molecule has 0 aliphatic carbocycles. The highest BCUT2D eigenvalue weighted by Crippen LogP contribution is 2.16. The highest BCUT2D eigenvalue weighted by atomic mass is 32.2. The van der Waals surface area contributed by atoms with Crippen molar-refractivity contribution >= 4 is 10.0 Å². The molecule has 0 spiro atoms. The largest absolute Gasteiger partial charge is 0.240 e. The Bertz CT molecular complexity index is 435. The van der Waals surface area contributed by atoms with Crippen LogP contribution in [0.15, 0.2) is 17.0 Å². The van der Waals surface area contributed by atoms with Crippen molar-refractivity contribution in [3.05, 3.63) is 29.6 Å². The van der Waals surface area contributed by atoms with Gasteiger partial charge in [-0.15, -0.1) is 0 Å². The van der Waals surface area contributed by atoms with Crippen LogP contribution in [0.1, 0.15) is 0 Å². The molecule has 1 rings (SSSR count). The summed E-state index contributed by atoms with van der Waals surface area (Å²) < 4.78 is 61.6. The zero-order valence-corrected chi connectivity index (χ0v) is 7.83. The van der Waals surface area contributed by atoms with Gasteiger partial charge in [0.1, 0.15) is 0 Å². The van der Waals surface area contributed by atoms with E-state index in [0.717, 1.165) is 7.05 Å². The van der Waals surface area contributed by atoms with Crippen LogP contribution >= 0.6 is 0 Å². The molecule has 0 atom stereocenters. The van der Waals surface area contributed by atoms with Crippen molar-refractivity contribution in [2.45, 2.75) is 4.90 Å². The molecule has 0 aromatic heterocycles. The first kappa shape index (κ1) is 11.0. The number of halogens is 3. The molecule has 1 N–H and O–H groups in total. The van der Waals surface area contributed by atoms with Gasteiger partial charge in [-0.3, -0.25) is 0 Å². The van der Waals surface area contributed by atoms with Crippen molar-refractivity contribution in [2.75, 3.05) is 7.05 Å². The van der Waals surface area contributed by atoms with Gasteiger partial charge < -0.3 is 0 Å². The molecule has 0 saturated carbocycles. The molecule has 0 aliphatic rings. The minimum atomic E-state index is -3.96. The van der Waals surface area contributed by atoms with Crippen LogP contribution in [0.25, 0.3) is 0 Å². The Morgan fingerprint density at radius 2 is 1.57 bits per heavy atom. The van der Waals surface area contributed by atoms with Gasteiger partial charge in [-0.2, -0.15) is 0 Å². The molecule has 0 radical (unpaired) electrons. The van der Waals surface area contributed by atoms with Gasteiger partial charge in [0.2, 0.25) is 10.0 Å². The summed E-state index contributed by atoms with van der Waals surface area (Å²) in [5.41, 5.74) is 0. The summed E-state index contributed by atoms with van der Waals surface area (Å²) >= 11 is 0. The predicted molar refractivity (Wildman–Crippen MR) is 42.6 cm³/mol. The maximum Gasteiger partial charge on any atom is 0.240 e. The highest BCUT2D eigenvalue weighted by Gasteiger charge is 2.18. The van der Waals surface area contributed by atoms with Crippen molar-refractivity contribution < 1.29 is 21.6 Å².